The Morgan fingerprint density at radius 3 is 2.64 bits per heavy atom. The normalized spacial score (nSPS) is 17.0. The number of carbonyl (C=O) groups is 2. The molecule has 28 heavy (non-hydrogen) atoms. The van der Waals surface area contributed by atoms with Crippen molar-refractivity contribution < 1.29 is 18.4 Å². The lowest BCUT2D eigenvalue weighted by molar-refractivity contribution is -0.136. The minimum absolute atomic E-state index is 0.116. The summed E-state index contributed by atoms with van der Waals surface area (Å²) in [5, 5.41) is 1.73. The lowest BCUT2D eigenvalue weighted by Crippen LogP contribution is -2.44. The molecule has 4 rings (SSSR count). The third-order valence-electron chi connectivity index (χ3n) is 5.76. The van der Waals surface area contributed by atoms with Crippen LogP contribution < -0.4 is 11.4 Å². The van der Waals surface area contributed by atoms with Crippen molar-refractivity contribution in [3.63, 3.8) is 0 Å². The van der Waals surface area contributed by atoms with Crippen molar-refractivity contribution in [2.45, 2.75) is 46.1 Å². The molecule has 0 spiro atoms. The van der Waals surface area contributed by atoms with Gasteiger partial charge in [0.2, 0.25) is 11.8 Å². The number of hydrogen-bond donors (Lipinski definition) is 1. The molecule has 1 fully saturated rings. The maximum absolute atomic E-state index is 12.8. The van der Waals surface area contributed by atoms with Crippen LogP contribution in [0.15, 0.2) is 26.0 Å². The Morgan fingerprint density at radius 2 is 1.93 bits per heavy atom. The van der Waals surface area contributed by atoms with Gasteiger partial charge in [-0.3, -0.25) is 9.59 Å². The summed E-state index contributed by atoms with van der Waals surface area (Å²) in [6.07, 6.45) is 2.84. The minimum atomic E-state index is -0.601. The molecule has 0 radical (unpaired) electrons. The molecule has 3 aromatic rings. The summed E-state index contributed by atoms with van der Waals surface area (Å²) in [7, 11) is 0. The van der Waals surface area contributed by atoms with Crippen molar-refractivity contribution >= 4 is 33.8 Å². The average molecular weight is 382 g/mol. The fourth-order valence-corrected chi connectivity index (χ4v) is 4.14. The van der Waals surface area contributed by atoms with Gasteiger partial charge < -0.3 is 19.5 Å². The predicted molar refractivity (Wildman–Crippen MR) is 104 cm³/mol. The van der Waals surface area contributed by atoms with Crippen LogP contribution in [0.1, 0.15) is 35.1 Å². The van der Waals surface area contributed by atoms with Crippen molar-refractivity contribution in [2.24, 2.45) is 5.73 Å². The Hall–Kier alpha value is -3.09. The van der Waals surface area contributed by atoms with Crippen molar-refractivity contribution in [2.75, 3.05) is 6.54 Å². The Balaban J connectivity index is 1.80. The van der Waals surface area contributed by atoms with Gasteiger partial charge in [0.1, 0.15) is 17.2 Å². The molecule has 0 aliphatic carbocycles. The number of primary amides is 1. The summed E-state index contributed by atoms with van der Waals surface area (Å²) in [4.78, 5) is 38.5. The standard InChI is InChI=1S/C21H22N2O5/c1-10-9-27-18-12(3)19-14(7-13(10)18)11(2)15(21(26)28-19)8-17(24)23-6-4-5-16(23)20(22)25/h7,9,16H,4-6,8H2,1-3H3,(H2,22,25). The van der Waals surface area contributed by atoms with Gasteiger partial charge in [-0.05, 0) is 50.8 Å². The number of furan rings is 1. The topological polar surface area (TPSA) is 107 Å². The van der Waals surface area contributed by atoms with Gasteiger partial charge in [-0.1, -0.05) is 0 Å². The van der Waals surface area contributed by atoms with Crippen LogP contribution in [0.25, 0.3) is 21.9 Å². The zero-order chi connectivity index (χ0) is 20.2. The Kier molecular flexibility index (Phi) is 4.25. The number of carbonyl (C=O) groups excluding carboxylic acids is 2. The zero-order valence-electron chi connectivity index (χ0n) is 16.1. The van der Waals surface area contributed by atoms with Gasteiger partial charge in [0.15, 0.2) is 0 Å². The van der Waals surface area contributed by atoms with Gasteiger partial charge >= 0.3 is 5.63 Å². The molecule has 1 unspecified atom stereocenters. The zero-order valence-corrected chi connectivity index (χ0v) is 16.1. The summed E-state index contributed by atoms with van der Waals surface area (Å²) < 4.78 is 11.2. The van der Waals surface area contributed by atoms with Crippen molar-refractivity contribution in [1.29, 1.82) is 0 Å². The van der Waals surface area contributed by atoms with E-state index in [-0.39, 0.29) is 12.3 Å². The van der Waals surface area contributed by atoms with Gasteiger partial charge in [-0.2, -0.15) is 0 Å². The number of nitrogens with two attached hydrogens (primary N) is 1. The van der Waals surface area contributed by atoms with Crippen molar-refractivity contribution in [3.8, 4) is 0 Å². The number of rotatable bonds is 3. The van der Waals surface area contributed by atoms with Crippen molar-refractivity contribution in [1.82, 2.24) is 4.90 Å². The Morgan fingerprint density at radius 1 is 1.18 bits per heavy atom. The van der Waals surface area contributed by atoms with Crippen LogP contribution in [-0.4, -0.2) is 29.3 Å². The third-order valence-corrected chi connectivity index (χ3v) is 5.76. The summed E-state index contributed by atoms with van der Waals surface area (Å²) in [5.74, 6) is -0.796. The first-order chi connectivity index (χ1) is 13.3. The SMILES string of the molecule is Cc1coc2c(C)c3oc(=O)c(CC(=O)N4CCCC4C(N)=O)c(C)c3cc12. The minimum Gasteiger partial charge on any atom is -0.464 e. The summed E-state index contributed by atoms with van der Waals surface area (Å²) in [6, 6.07) is 1.33. The number of benzene rings is 1. The lowest BCUT2D eigenvalue weighted by Gasteiger charge is -2.22. The van der Waals surface area contributed by atoms with E-state index in [2.05, 4.69) is 0 Å². The molecule has 2 N–H and O–H groups in total. The predicted octanol–water partition coefficient (Wildman–Crippen LogP) is 2.48. The highest BCUT2D eigenvalue weighted by Gasteiger charge is 2.33. The highest BCUT2D eigenvalue weighted by molar-refractivity contribution is 6.00. The van der Waals surface area contributed by atoms with Crippen LogP contribution in [-0.2, 0) is 16.0 Å². The maximum Gasteiger partial charge on any atom is 0.340 e. The van der Waals surface area contributed by atoms with Crippen LogP contribution >= 0.6 is 0 Å². The van der Waals surface area contributed by atoms with Crippen LogP contribution in [0.4, 0.5) is 0 Å². The molecule has 0 saturated carbocycles. The molecule has 1 atom stereocenters. The largest absolute Gasteiger partial charge is 0.464 e. The number of nitrogens with zero attached hydrogens (tertiary/aromatic N) is 1. The fourth-order valence-electron chi connectivity index (χ4n) is 4.14. The highest BCUT2D eigenvalue weighted by Crippen LogP contribution is 2.32. The van der Waals surface area contributed by atoms with E-state index in [0.29, 0.717) is 35.3 Å². The molecule has 1 aliphatic rings. The second-order valence-electron chi connectivity index (χ2n) is 7.49. The molecule has 0 bridgehead atoms. The first kappa shape index (κ1) is 18.3. The van der Waals surface area contributed by atoms with Crippen LogP contribution in [0.5, 0.6) is 0 Å². The van der Waals surface area contributed by atoms with E-state index in [1.165, 1.54) is 4.90 Å². The van der Waals surface area contributed by atoms with E-state index in [1.54, 1.807) is 6.26 Å². The van der Waals surface area contributed by atoms with E-state index < -0.39 is 17.6 Å². The molecular weight excluding hydrogens is 360 g/mol. The van der Waals surface area contributed by atoms with Crippen molar-refractivity contribution in [3.05, 3.63) is 45.0 Å². The molecule has 146 valence electrons. The van der Waals surface area contributed by atoms with E-state index in [0.717, 1.165) is 28.3 Å². The molecule has 7 heteroatoms. The first-order valence-electron chi connectivity index (χ1n) is 9.32. The van der Waals surface area contributed by atoms with Gasteiger partial charge in [0.05, 0.1) is 18.2 Å². The molecule has 1 aliphatic heterocycles. The molecule has 1 aromatic carbocycles. The number of aryl methyl sites for hydroxylation is 3. The van der Waals surface area contributed by atoms with Crippen LogP contribution in [0.2, 0.25) is 0 Å². The van der Waals surface area contributed by atoms with Gasteiger partial charge in [-0.15, -0.1) is 0 Å². The van der Waals surface area contributed by atoms with E-state index in [4.69, 9.17) is 14.6 Å². The van der Waals surface area contributed by atoms with Gasteiger partial charge in [-0.25, -0.2) is 4.79 Å². The maximum atomic E-state index is 12.8. The highest BCUT2D eigenvalue weighted by atomic mass is 16.4. The van der Waals surface area contributed by atoms with Crippen LogP contribution in [0, 0.1) is 20.8 Å². The lowest BCUT2D eigenvalue weighted by atomic mass is 9.99. The fraction of sp³-hybridized carbons (Fsp3) is 0.381. The first-order valence-corrected chi connectivity index (χ1v) is 9.32. The second-order valence-corrected chi connectivity index (χ2v) is 7.49. The number of amides is 2. The summed E-state index contributed by atoms with van der Waals surface area (Å²) >= 11 is 0. The van der Waals surface area contributed by atoms with Gasteiger partial charge in [0, 0.05) is 22.9 Å². The smallest absolute Gasteiger partial charge is 0.340 e. The molecule has 3 heterocycles. The number of fused-ring (bicyclic) bond motifs is 2. The van der Waals surface area contributed by atoms with Gasteiger partial charge in [0.25, 0.3) is 0 Å². The molecular formula is C21H22N2O5. The van der Waals surface area contributed by atoms with Crippen LogP contribution in [0.3, 0.4) is 0 Å². The second kappa shape index (κ2) is 6.51. The Labute approximate surface area is 161 Å². The molecule has 2 amide bonds. The Bertz CT molecular complexity index is 1190. The van der Waals surface area contributed by atoms with E-state index in [1.807, 2.05) is 26.8 Å². The quantitative estimate of drug-likeness (QED) is 0.701. The van der Waals surface area contributed by atoms with E-state index >= 15 is 0 Å². The summed E-state index contributed by atoms with van der Waals surface area (Å²) in [6.45, 7) is 6.09. The van der Waals surface area contributed by atoms with E-state index in [9.17, 15) is 14.4 Å². The number of likely N-dealkylation sites (tertiary alicyclic amines) is 1. The number of hydrogen-bond acceptors (Lipinski definition) is 5. The molecule has 2 aromatic heterocycles. The molecule has 1 saturated heterocycles. The monoisotopic (exact) mass is 382 g/mol. The third kappa shape index (κ3) is 2.69. The summed E-state index contributed by atoms with van der Waals surface area (Å²) in [5.41, 5.74) is 8.79. The average Bonchev–Trinajstić information content (AvgIpc) is 3.27. The molecule has 7 nitrogen and oxygen atoms in total.